The van der Waals surface area contributed by atoms with Crippen LogP contribution in [0.1, 0.15) is 45.7 Å². The number of ether oxygens (including phenoxy) is 2. The standard InChI is InChI=1S/C24H24N6O4.C24H22N6O2.C4H10O/c25-22-20-21(15-6-8-18(9-7-15)34-17-4-2-1-3-5-17)28-30(23(20)27-14-26-22)16-10-11-29(12-16)24(33)19(32)13-31;1-2-20(31)29-13-12-17(14-29)30-24-21(23(25)26-15-27-24)22(28-30)16-8-10-19(11-9-16)32-18-6-4-3-5-7-18;1-4(2,3)5/h1-9,14,16,19,31-32H,10-13H2,(H2,25,26,27);2-11,15,17H,1,12-14H2,(H2,25,26,27);5H,1-3H3. The summed E-state index contributed by atoms with van der Waals surface area (Å²) in [6, 6.07) is 34.2. The third kappa shape index (κ3) is 11.6. The van der Waals surface area contributed by atoms with E-state index in [4.69, 9.17) is 41.4 Å². The summed E-state index contributed by atoms with van der Waals surface area (Å²) in [5.74, 6) is 3.05. The van der Waals surface area contributed by atoms with Crippen molar-refractivity contribution in [2.45, 2.75) is 57.4 Å². The summed E-state index contributed by atoms with van der Waals surface area (Å²) in [6.45, 7) is 10.2. The molecule has 2 saturated heterocycles. The first-order valence-corrected chi connectivity index (χ1v) is 23.0. The lowest BCUT2D eigenvalue weighted by Crippen LogP contribution is -2.39. The number of anilines is 2. The van der Waals surface area contributed by atoms with E-state index in [1.54, 1.807) is 30.4 Å². The lowest BCUT2D eigenvalue weighted by molar-refractivity contribution is -0.141. The van der Waals surface area contributed by atoms with Crippen molar-refractivity contribution < 1.29 is 34.4 Å². The van der Waals surface area contributed by atoms with Crippen LogP contribution >= 0.6 is 0 Å². The van der Waals surface area contributed by atoms with Crippen molar-refractivity contribution >= 4 is 45.5 Å². The Morgan fingerprint density at radius 2 is 1.07 bits per heavy atom. The highest BCUT2D eigenvalue weighted by Crippen LogP contribution is 2.37. The summed E-state index contributed by atoms with van der Waals surface area (Å²) in [5, 5.41) is 38.4. The number of aliphatic hydroxyl groups excluding tert-OH is 2. The van der Waals surface area contributed by atoms with Crippen molar-refractivity contribution in [3.63, 3.8) is 0 Å². The number of para-hydroxylation sites is 2. The van der Waals surface area contributed by atoms with Gasteiger partial charge in [0.1, 0.15) is 58.7 Å². The molecule has 71 heavy (non-hydrogen) atoms. The minimum Gasteiger partial charge on any atom is -0.457 e. The maximum absolute atomic E-state index is 12.3. The number of hydrogen-bond acceptors (Lipinski definition) is 15. The number of rotatable bonds is 11. The predicted octanol–water partition coefficient (Wildman–Crippen LogP) is 6.60. The largest absolute Gasteiger partial charge is 0.457 e. The Kier molecular flexibility index (Phi) is 14.9. The quantitative estimate of drug-likeness (QED) is 0.0856. The van der Waals surface area contributed by atoms with Crippen molar-refractivity contribution in [1.29, 1.82) is 0 Å². The summed E-state index contributed by atoms with van der Waals surface area (Å²) >= 11 is 0. The number of carbonyl (C=O) groups is 2. The van der Waals surface area contributed by atoms with Crippen LogP contribution in [0.4, 0.5) is 11.6 Å². The molecule has 4 aromatic carbocycles. The number of hydrogen-bond donors (Lipinski definition) is 5. The summed E-state index contributed by atoms with van der Waals surface area (Å²) in [7, 11) is 0. The van der Waals surface area contributed by atoms with E-state index in [0.717, 1.165) is 34.8 Å². The number of likely N-dealkylation sites (tertiary alicyclic amines) is 2. The Bertz CT molecular complexity index is 3100. The van der Waals surface area contributed by atoms with Gasteiger partial charge in [0, 0.05) is 37.3 Å². The van der Waals surface area contributed by atoms with Gasteiger partial charge in [-0.25, -0.2) is 29.3 Å². The smallest absolute Gasteiger partial charge is 0.253 e. The third-order valence-electron chi connectivity index (χ3n) is 11.5. The minimum absolute atomic E-state index is 0.00476. The van der Waals surface area contributed by atoms with E-state index >= 15 is 0 Å². The van der Waals surface area contributed by atoms with Gasteiger partial charge in [-0.15, -0.1) is 0 Å². The molecule has 2 aliphatic rings. The van der Waals surface area contributed by atoms with Gasteiger partial charge in [-0.05, 0) is 112 Å². The highest BCUT2D eigenvalue weighted by atomic mass is 16.5. The first kappa shape index (κ1) is 49.2. The van der Waals surface area contributed by atoms with Crippen LogP contribution in [0, 0.1) is 0 Å². The molecule has 19 heteroatoms. The highest BCUT2D eigenvalue weighted by molar-refractivity contribution is 5.99. The number of carbonyl (C=O) groups excluding carboxylic acids is 2. The zero-order valence-electron chi connectivity index (χ0n) is 39.6. The van der Waals surface area contributed by atoms with Crippen LogP contribution < -0.4 is 20.9 Å². The number of nitrogen functional groups attached to an aromatic ring is 2. The zero-order valence-corrected chi connectivity index (χ0v) is 39.6. The van der Waals surface area contributed by atoms with Crippen LogP contribution in [-0.2, 0) is 9.59 Å². The average molecular weight is 961 g/mol. The van der Waals surface area contributed by atoms with Gasteiger partial charge >= 0.3 is 0 Å². The molecular weight excluding hydrogens is 905 g/mol. The monoisotopic (exact) mass is 960 g/mol. The SMILES string of the molecule is C=CC(=O)N1CCC(n2nc(-c3ccc(Oc4ccccc4)cc3)c3c(N)ncnc32)C1.CC(C)(C)O.Nc1ncnc2c1c(-c1ccc(Oc3ccccc3)cc1)nn2C1CCN(C(=O)C(O)CO)C1. The molecule has 0 spiro atoms. The Hall–Kier alpha value is -8.26. The molecule has 19 nitrogen and oxygen atoms in total. The Labute approximate surface area is 409 Å². The van der Waals surface area contributed by atoms with Crippen molar-refractivity contribution in [1.82, 2.24) is 49.3 Å². The minimum atomic E-state index is -1.42. The van der Waals surface area contributed by atoms with E-state index in [0.29, 0.717) is 83.4 Å². The van der Waals surface area contributed by atoms with Crippen LogP contribution in [-0.4, -0.2) is 121 Å². The molecule has 10 rings (SSSR count). The summed E-state index contributed by atoms with van der Waals surface area (Å²) in [6.07, 6.45) is 4.17. The third-order valence-corrected chi connectivity index (χ3v) is 11.5. The summed E-state index contributed by atoms with van der Waals surface area (Å²) in [4.78, 5) is 44.8. The van der Waals surface area contributed by atoms with E-state index in [2.05, 4.69) is 26.5 Å². The van der Waals surface area contributed by atoms with E-state index in [1.165, 1.54) is 23.6 Å². The molecule has 0 aliphatic carbocycles. The summed E-state index contributed by atoms with van der Waals surface area (Å²) in [5.41, 5.74) is 16.2. The van der Waals surface area contributed by atoms with Crippen LogP contribution in [0.3, 0.4) is 0 Å². The molecule has 0 radical (unpaired) electrons. The van der Waals surface area contributed by atoms with Gasteiger partial charge < -0.3 is 46.1 Å². The second-order valence-electron chi connectivity index (χ2n) is 17.9. The van der Waals surface area contributed by atoms with Gasteiger partial charge in [0.2, 0.25) is 5.91 Å². The summed E-state index contributed by atoms with van der Waals surface area (Å²) < 4.78 is 15.4. The Morgan fingerprint density at radius 1 is 0.676 bits per heavy atom. The number of nitrogens with zero attached hydrogens (tertiary/aromatic N) is 10. The van der Waals surface area contributed by atoms with E-state index < -0.39 is 24.2 Å². The van der Waals surface area contributed by atoms with E-state index in [1.807, 2.05) is 114 Å². The van der Waals surface area contributed by atoms with Gasteiger partial charge in [-0.3, -0.25) is 9.59 Å². The average Bonchev–Trinajstić information content (AvgIpc) is 4.21. The topological polar surface area (TPSA) is 259 Å². The van der Waals surface area contributed by atoms with E-state index in [-0.39, 0.29) is 18.0 Å². The van der Waals surface area contributed by atoms with Crippen LogP contribution in [0.25, 0.3) is 44.6 Å². The molecule has 2 fully saturated rings. The second-order valence-corrected chi connectivity index (χ2v) is 17.9. The van der Waals surface area contributed by atoms with Crippen LogP contribution in [0.2, 0.25) is 0 Å². The number of benzene rings is 4. The molecule has 0 saturated carbocycles. The number of aromatic nitrogens is 8. The Balaban J connectivity index is 0.000000174. The lowest BCUT2D eigenvalue weighted by Gasteiger charge is -2.19. The molecule has 3 atom stereocenters. The highest BCUT2D eigenvalue weighted by Gasteiger charge is 2.34. The fourth-order valence-electron chi connectivity index (χ4n) is 8.22. The van der Waals surface area contributed by atoms with Gasteiger partial charge in [0.05, 0.1) is 35.1 Å². The van der Waals surface area contributed by atoms with Crippen molar-refractivity contribution in [2.75, 3.05) is 44.3 Å². The van der Waals surface area contributed by atoms with Gasteiger partial charge in [0.25, 0.3) is 5.91 Å². The normalized spacial score (nSPS) is 15.9. The second kappa shape index (κ2) is 21.6. The number of amides is 2. The lowest BCUT2D eigenvalue weighted by atomic mass is 10.1. The first-order valence-electron chi connectivity index (χ1n) is 23.0. The molecule has 2 amide bonds. The van der Waals surface area contributed by atoms with Crippen LogP contribution in [0.5, 0.6) is 23.0 Å². The zero-order chi connectivity index (χ0) is 50.2. The fourth-order valence-corrected chi connectivity index (χ4v) is 8.22. The molecule has 0 bridgehead atoms. The molecule has 7 N–H and O–H groups in total. The van der Waals surface area contributed by atoms with E-state index in [9.17, 15) is 14.7 Å². The number of fused-ring (bicyclic) bond motifs is 2. The number of aliphatic hydroxyl groups is 3. The molecule has 366 valence electrons. The van der Waals surface area contributed by atoms with Crippen LogP contribution in [0.15, 0.2) is 135 Å². The van der Waals surface area contributed by atoms with Gasteiger partial charge in [0.15, 0.2) is 17.4 Å². The maximum Gasteiger partial charge on any atom is 0.253 e. The van der Waals surface area contributed by atoms with Crippen molar-refractivity contribution in [3.8, 4) is 45.5 Å². The predicted molar refractivity (Wildman–Crippen MR) is 269 cm³/mol. The van der Waals surface area contributed by atoms with Gasteiger partial charge in [-0.2, -0.15) is 10.2 Å². The fraction of sp³-hybridized carbons (Fsp3) is 0.269. The molecule has 2 aliphatic heterocycles. The molecule has 6 heterocycles. The molecule has 3 unspecified atom stereocenters. The van der Waals surface area contributed by atoms with Crippen molar-refractivity contribution in [3.05, 3.63) is 135 Å². The molecule has 4 aromatic heterocycles. The Morgan fingerprint density at radius 3 is 1.48 bits per heavy atom. The molecule has 8 aromatic rings. The van der Waals surface area contributed by atoms with Crippen molar-refractivity contribution in [2.24, 2.45) is 0 Å². The number of nitrogens with two attached hydrogens (primary N) is 2. The maximum atomic E-state index is 12.3. The van der Waals surface area contributed by atoms with Gasteiger partial charge in [-0.1, -0.05) is 43.0 Å². The first-order chi connectivity index (χ1) is 34.2. The molecular formula is C52H56N12O7.